The van der Waals surface area contributed by atoms with E-state index in [2.05, 4.69) is 4.90 Å². The highest BCUT2D eigenvalue weighted by molar-refractivity contribution is 6.42. The summed E-state index contributed by atoms with van der Waals surface area (Å²) in [4.78, 5) is 33.3. The second-order valence-corrected chi connectivity index (χ2v) is 11.3. The van der Waals surface area contributed by atoms with Gasteiger partial charge in [0.15, 0.2) is 0 Å². The molecule has 0 radical (unpaired) electrons. The molecule has 0 N–H and O–H groups in total. The molecule has 0 aliphatic carbocycles. The van der Waals surface area contributed by atoms with Crippen LogP contribution in [0.25, 0.3) is 0 Å². The summed E-state index contributed by atoms with van der Waals surface area (Å²) in [5, 5.41) is 1.85. The zero-order valence-corrected chi connectivity index (χ0v) is 22.3. The van der Waals surface area contributed by atoms with E-state index in [0.717, 1.165) is 30.6 Å². The van der Waals surface area contributed by atoms with Crippen LogP contribution in [0.4, 0.5) is 0 Å². The zero-order chi connectivity index (χ0) is 24.7. The number of hydrogen-bond donors (Lipinski definition) is 0. The van der Waals surface area contributed by atoms with Crippen LogP contribution in [-0.4, -0.2) is 70.8 Å². The highest BCUT2D eigenvalue weighted by atomic mass is 35.5. The quantitative estimate of drug-likeness (QED) is 0.499. The average Bonchev–Trinajstić information content (AvgIpc) is 3.38. The molecule has 35 heavy (non-hydrogen) atoms. The molecule has 2 aromatic carbocycles. The molecule has 0 saturated carbocycles. The Hall–Kier alpha value is -1.50. The summed E-state index contributed by atoms with van der Waals surface area (Å²) in [5.74, 6) is 0.133. The Labute approximate surface area is 225 Å². The van der Waals surface area contributed by atoms with E-state index in [1.807, 2.05) is 21.9 Å². The number of rotatable bonds is 5. The molecule has 4 aliphatic heterocycles. The summed E-state index contributed by atoms with van der Waals surface area (Å²) < 4.78 is 0. The van der Waals surface area contributed by atoms with Gasteiger partial charge in [-0.15, -0.1) is 0 Å². The molecule has 9 heteroatoms. The maximum absolute atomic E-state index is 13.5. The molecule has 2 aromatic rings. The molecule has 0 unspecified atom stereocenters. The molecule has 4 fully saturated rings. The summed E-state index contributed by atoms with van der Waals surface area (Å²) in [6.07, 6.45) is 3.81. The van der Waals surface area contributed by atoms with Gasteiger partial charge in [0, 0.05) is 19.1 Å². The molecular formula is C26H27Cl4N3O2. The minimum atomic E-state index is -0.0221. The third kappa shape index (κ3) is 5.30. The second kappa shape index (κ2) is 10.5. The third-order valence-corrected chi connectivity index (χ3v) is 9.00. The maximum atomic E-state index is 13.5. The van der Waals surface area contributed by atoms with Crippen molar-refractivity contribution < 1.29 is 9.59 Å². The monoisotopic (exact) mass is 553 g/mol. The van der Waals surface area contributed by atoms with Crippen molar-refractivity contribution in [1.82, 2.24) is 14.7 Å². The lowest BCUT2D eigenvalue weighted by Gasteiger charge is -2.57. The van der Waals surface area contributed by atoms with Gasteiger partial charge in [-0.25, -0.2) is 0 Å². The fraction of sp³-hybridized carbons (Fsp3) is 0.462. The first-order valence-corrected chi connectivity index (χ1v) is 13.5. The Morgan fingerprint density at radius 3 is 1.77 bits per heavy atom. The van der Waals surface area contributed by atoms with E-state index in [0.29, 0.717) is 33.2 Å². The SMILES string of the molecule is O=C(Cc1ccc(Cl)c(Cl)c1)N1C[C@@H]2[C@H](N3CCCC3)C[C@H]1CN2C(=O)Cc1ccc(Cl)c(Cl)c1. The van der Waals surface area contributed by atoms with Crippen molar-refractivity contribution in [2.45, 2.75) is 50.2 Å². The second-order valence-electron chi connectivity index (χ2n) is 9.71. The number of piperazine rings is 1. The number of nitrogens with zero attached hydrogens (tertiary/aromatic N) is 3. The van der Waals surface area contributed by atoms with Gasteiger partial charge in [-0.2, -0.15) is 0 Å². The van der Waals surface area contributed by atoms with Crippen molar-refractivity contribution in [3.63, 3.8) is 0 Å². The Kier molecular flexibility index (Phi) is 7.53. The molecule has 0 aromatic heterocycles. The van der Waals surface area contributed by atoms with Gasteiger partial charge in [0.05, 0.1) is 45.0 Å². The number of piperidine rings is 2. The van der Waals surface area contributed by atoms with E-state index >= 15 is 0 Å². The van der Waals surface area contributed by atoms with E-state index in [4.69, 9.17) is 46.4 Å². The Morgan fingerprint density at radius 2 is 1.26 bits per heavy atom. The molecule has 2 bridgehead atoms. The van der Waals surface area contributed by atoms with Crippen molar-refractivity contribution >= 4 is 58.2 Å². The molecule has 3 atom stereocenters. The van der Waals surface area contributed by atoms with E-state index < -0.39 is 0 Å². The van der Waals surface area contributed by atoms with Crippen LogP contribution in [0.3, 0.4) is 0 Å². The highest BCUT2D eigenvalue weighted by Crippen LogP contribution is 2.35. The van der Waals surface area contributed by atoms with Gasteiger partial charge in [-0.3, -0.25) is 14.5 Å². The fourth-order valence-corrected chi connectivity index (χ4v) is 6.43. The topological polar surface area (TPSA) is 43.9 Å². The molecule has 5 nitrogen and oxygen atoms in total. The van der Waals surface area contributed by atoms with Gasteiger partial charge in [0.25, 0.3) is 0 Å². The summed E-state index contributed by atoms with van der Waals surface area (Å²) in [7, 11) is 0. The first-order chi connectivity index (χ1) is 16.8. The number of amides is 2. The van der Waals surface area contributed by atoms with Gasteiger partial charge in [-0.1, -0.05) is 58.5 Å². The first kappa shape index (κ1) is 25.2. The number of hydrogen-bond acceptors (Lipinski definition) is 3. The minimum absolute atomic E-state index is 0.00127. The van der Waals surface area contributed by atoms with E-state index in [9.17, 15) is 9.59 Å². The van der Waals surface area contributed by atoms with Gasteiger partial charge >= 0.3 is 0 Å². The smallest absolute Gasteiger partial charge is 0.227 e. The van der Waals surface area contributed by atoms with E-state index in [1.165, 1.54) is 12.8 Å². The van der Waals surface area contributed by atoms with Crippen molar-refractivity contribution in [2.24, 2.45) is 0 Å². The van der Waals surface area contributed by atoms with Crippen molar-refractivity contribution in [1.29, 1.82) is 0 Å². The predicted molar refractivity (Wildman–Crippen MR) is 141 cm³/mol. The molecule has 2 amide bonds. The molecule has 6 rings (SSSR count). The van der Waals surface area contributed by atoms with Crippen molar-refractivity contribution in [2.75, 3.05) is 26.2 Å². The third-order valence-electron chi connectivity index (χ3n) is 7.52. The lowest BCUT2D eigenvalue weighted by atomic mass is 9.84. The Morgan fingerprint density at radius 1 is 0.714 bits per heavy atom. The van der Waals surface area contributed by atoms with Crippen molar-refractivity contribution in [3.05, 3.63) is 67.6 Å². The fourth-order valence-electron chi connectivity index (χ4n) is 5.79. The lowest BCUT2D eigenvalue weighted by Crippen LogP contribution is -2.72. The van der Waals surface area contributed by atoms with Crippen LogP contribution < -0.4 is 0 Å². The summed E-state index contributed by atoms with van der Waals surface area (Å²) in [6, 6.07) is 10.9. The molecule has 4 heterocycles. The van der Waals surface area contributed by atoms with Gasteiger partial charge < -0.3 is 9.80 Å². The number of fused-ring (bicyclic) bond motifs is 3. The summed E-state index contributed by atoms with van der Waals surface area (Å²) >= 11 is 24.4. The van der Waals surface area contributed by atoms with Gasteiger partial charge in [-0.05, 0) is 67.7 Å². The Balaban J connectivity index is 1.33. The van der Waals surface area contributed by atoms with Crippen LogP contribution in [0.1, 0.15) is 30.4 Å². The standard InChI is InChI=1S/C26H27Cl4N3O2/c27-19-5-3-16(9-21(19)29)11-25(34)32-15-24-23(31-7-1-2-8-31)13-18(32)14-33(24)26(35)12-17-4-6-20(28)22(30)10-17/h3-6,9-10,18,23-24H,1-2,7-8,11-15H2/t18-,23+,24+/m0/s1. The maximum Gasteiger partial charge on any atom is 0.227 e. The Bertz CT molecular complexity index is 1140. The molecule has 0 spiro atoms. The minimum Gasteiger partial charge on any atom is -0.335 e. The van der Waals surface area contributed by atoms with Crippen LogP contribution in [0.2, 0.25) is 20.1 Å². The average molecular weight is 555 g/mol. The molecule has 186 valence electrons. The summed E-state index contributed by atoms with van der Waals surface area (Å²) in [6.45, 7) is 3.22. The molecule has 4 aliphatic rings. The van der Waals surface area contributed by atoms with Crippen LogP contribution in [0.5, 0.6) is 0 Å². The van der Waals surface area contributed by atoms with E-state index in [-0.39, 0.29) is 42.8 Å². The first-order valence-electron chi connectivity index (χ1n) is 12.0. The molecule has 4 saturated heterocycles. The number of likely N-dealkylation sites (tertiary alicyclic amines) is 1. The van der Waals surface area contributed by atoms with Crippen LogP contribution in [0.15, 0.2) is 36.4 Å². The van der Waals surface area contributed by atoms with Crippen molar-refractivity contribution in [3.8, 4) is 0 Å². The van der Waals surface area contributed by atoms with Crippen LogP contribution >= 0.6 is 46.4 Å². The number of carbonyl (C=O) groups excluding carboxylic acids is 2. The number of benzene rings is 2. The van der Waals surface area contributed by atoms with Gasteiger partial charge in [0.1, 0.15) is 0 Å². The van der Waals surface area contributed by atoms with Crippen LogP contribution in [-0.2, 0) is 22.4 Å². The zero-order valence-electron chi connectivity index (χ0n) is 19.2. The van der Waals surface area contributed by atoms with Gasteiger partial charge in [0.2, 0.25) is 11.8 Å². The normalized spacial score (nSPS) is 24.3. The van der Waals surface area contributed by atoms with Crippen LogP contribution in [0, 0.1) is 0 Å². The lowest BCUT2D eigenvalue weighted by molar-refractivity contribution is -0.157. The number of halogens is 4. The number of carbonyl (C=O) groups is 2. The predicted octanol–water partition coefficient (Wildman–Crippen LogP) is 5.36. The largest absolute Gasteiger partial charge is 0.335 e. The molecular weight excluding hydrogens is 528 g/mol. The summed E-state index contributed by atoms with van der Waals surface area (Å²) in [5.41, 5.74) is 1.69. The highest BCUT2D eigenvalue weighted by Gasteiger charge is 2.49. The van der Waals surface area contributed by atoms with E-state index in [1.54, 1.807) is 24.3 Å².